The molecular formula is C15H22BrFN2. The van der Waals surface area contributed by atoms with E-state index in [1.165, 1.54) is 0 Å². The topological polar surface area (TPSA) is 15.3 Å². The number of para-hydroxylation sites is 1. The Morgan fingerprint density at radius 2 is 2.21 bits per heavy atom. The third kappa shape index (κ3) is 3.11. The SMILES string of the molecule is CCC1CNC(C(C)C)CN1c1c(F)cccc1Br. The highest BCUT2D eigenvalue weighted by atomic mass is 79.9. The zero-order valence-electron chi connectivity index (χ0n) is 11.8. The molecule has 1 heterocycles. The second-order valence-corrected chi connectivity index (χ2v) is 6.40. The lowest BCUT2D eigenvalue weighted by atomic mass is 9.97. The quantitative estimate of drug-likeness (QED) is 0.907. The molecule has 1 saturated heterocycles. The molecule has 2 nitrogen and oxygen atoms in total. The minimum absolute atomic E-state index is 0.141. The van der Waals surface area contributed by atoms with Crippen LogP contribution in [0.15, 0.2) is 22.7 Å². The highest BCUT2D eigenvalue weighted by Crippen LogP contribution is 2.32. The van der Waals surface area contributed by atoms with E-state index in [0.717, 1.165) is 24.0 Å². The summed E-state index contributed by atoms with van der Waals surface area (Å²) in [6.45, 7) is 8.34. The van der Waals surface area contributed by atoms with Crippen LogP contribution in [0.5, 0.6) is 0 Å². The van der Waals surface area contributed by atoms with Gasteiger partial charge in [-0.2, -0.15) is 0 Å². The molecule has 2 unspecified atom stereocenters. The second-order valence-electron chi connectivity index (χ2n) is 5.54. The van der Waals surface area contributed by atoms with Crippen LogP contribution in [0.25, 0.3) is 0 Å². The number of rotatable bonds is 3. The van der Waals surface area contributed by atoms with E-state index in [0.29, 0.717) is 23.7 Å². The molecule has 1 aliphatic rings. The molecule has 1 aromatic rings. The number of nitrogens with zero attached hydrogens (tertiary/aromatic N) is 1. The van der Waals surface area contributed by atoms with Crippen molar-refractivity contribution >= 4 is 21.6 Å². The summed E-state index contributed by atoms with van der Waals surface area (Å²) >= 11 is 3.49. The first-order valence-corrected chi connectivity index (χ1v) is 7.78. The molecule has 0 bridgehead atoms. The lowest BCUT2D eigenvalue weighted by molar-refractivity contribution is 0.323. The zero-order valence-corrected chi connectivity index (χ0v) is 13.4. The van der Waals surface area contributed by atoms with Crippen molar-refractivity contribution in [3.05, 3.63) is 28.5 Å². The largest absolute Gasteiger partial charge is 0.362 e. The lowest BCUT2D eigenvalue weighted by Gasteiger charge is -2.43. The van der Waals surface area contributed by atoms with Crippen molar-refractivity contribution < 1.29 is 4.39 Å². The maximum absolute atomic E-state index is 14.2. The van der Waals surface area contributed by atoms with Gasteiger partial charge < -0.3 is 10.2 Å². The van der Waals surface area contributed by atoms with Crippen LogP contribution in [-0.2, 0) is 0 Å². The van der Waals surface area contributed by atoms with E-state index in [-0.39, 0.29) is 5.82 Å². The van der Waals surface area contributed by atoms with Gasteiger partial charge in [0.25, 0.3) is 0 Å². The lowest BCUT2D eigenvalue weighted by Crippen LogP contribution is -2.58. The van der Waals surface area contributed by atoms with Crippen molar-refractivity contribution in [2.45, 2.75) is 39.3 Å². The molecule has 19 heavy (non-hydrogen) atoms. The van der Waals surface area contributed by atoms with Gasteiger partial charge in [-0.1, -0.05) is 26.8 Å². The summed E-state index contributed by atoms with van der Waals surface area (Å²) < 4.78 is 15.0. The number of hydrogen-bond acceptors (Lipinski definition) is 2. The van der Waals surface area contributed by atoms with E-state index in [1.54, 1.807) is 12.1 Å². The Hall–Kier alpha value is -0.610. The van der Waals surface area contributed by atoms with Crippen LogP contribution in [0.1, 0.15) is 27.2 Å². The first-order chi connectivity index (χ1) is 9.04. The number of halogens is 2. The molecule has 2 atom stereocenters. The fourth-order valence-electron chi connectivity index (χ4n) is 2.67. The molecule has 0 radical (unpaired) electrons. The van der Waals surface area contributed by atoms with Crippen molar-refractivity contribution in [1.82, 2.24) is 5.32 Å². The fraction of sp³-hybridized carbons (Fsp3) is 0.600. The van der Waals surface area contributed by atoms with E-state index in [2.05, 4.69) is 46.9 Å². The first kappa shape index (κ1) is 14.8. The number of benzene rings is 1. The highest BCUT2D eigenvalue weighted by Gasteiger charge is 2.30. The van der Waals surface area contributed by atoms with Crippen molar-refractivity contribution in [2.24, 2.45) is 5.92 Å². The van der Waals surface area contributed by atoms with Gasteiger partial charge in [0, 0.05) is 29.6 Å². The molecule has 0 aromatic heterocycles. The summed E-state index contributed by atoms with van der Waals surface area (Å²) in [6.07, 6.45) is 1.01. The van der Waals surface area contributed by atoms with Crippen LogP contribution in [0.4, 0.5) is 10.1 Å². The second kappa shape index (κ2) is 6.23. The third-order valence-electron chi connectivity index (χ3n) is 3.95. The molecule has 4 heteroatoms. The standard InChI is InChI=1S/C15H22BrFN2/c1-4-11-8-18-14(10(2)3)9-19(11)15-12(16)6-5-7-13(15)17/h5-7,10-11,14,18H,4,8-9H2,1-3H3. The number of hydrogen-bond donors (Lipinski definition) is 1. The predicted octanol–water partition coefficient (Wildman–Crippen LogP) is 3.80. The Morgan fingerprint density at radius 1 is 1.47 bits per heavy atom. The fourth-order valence-corrected chi connectivity index (χ4v) is 3.24. The molecule has 0 amide bonds. The maximum atomic E-state index is 14.2. The Bertz CT molecular complexity index is 416. The van der Waals surface area contributed by atoms with Gasteiger partial charge in [0.15, 0.2) is 0 Å². The summed E-state index contributed by atoms with van der Waals surface area (Å²) in [4.78, 5) is 2.22. The van der Waals surface area contributed by atoms with Crippen LogP contribution in [0.2, 0.25) is 0 Å². The zero-order chi connectivity index (χ0) is 14.0. The number of piperazine rings is 1. The Labute approximate surface area is 123 Å². The molecule has 1 aliphatic heterocycles. The summed E-state index contributed by atoms with van der Waals surface area (Å²) in [5.41, 5.74) is 0.710. The number of nitrogens with one attached hydrogen (secondary N) is 1. The van der Waals surface area contributed by atoms with Gasteiger partial charge in [-0.05, 0) is 40.4 Å². The minimum atomic E-state index is -0.141. The minimum Gasteiger partial charge on any atom is -0.362 e. The van der Waals surface area contributed by atoms with Gasteiger partial charge >= 0.3 is 0 Å². The maximum Gasteiger partial charge on any atom is 0.147 e. The van der Waals surface area contributed by atoms with Gasteiger partial charge in [0.2, 0.25) is 0 Å². The van der Waals surface area contributed by atoms with E-state index >= 15 is 0 Å². The summed E-state index contributed by atoms with van der Waals surface area (Å²) in [5.74, 6) is 0.406. The van der Waals surface area contributed by atoms with E-state index in [9.17, 15) is 4.39 Å². The highest BCUT2D eigenvalue weighted by molar-refractivity contribution is 9.10. The van der Waals surface area contributed by atoms with Crippen LogP contribution in [-0.4, -0.2) is 25.2 Å². The Kier molecular flexibility index (Phi) is 4.85. The molecule has 106 valence electrons. The number of anilines is 1. The molecular weight excluding hydrogens is 307 g/mol. The monoisotopic (exact) mass is 328 g/mol. The summed E-state index contributed by atoms with van der Waals surface area (Å²) in [6, 6.07) is 5.96. The van der Waals surface area contributed by atoms with Gasteiger partial charge in [-0.15, -0.1) is 0 Å². The Balaban J connectivity index is 2.32. The van der Waals surface area contributed by atoms with Crippen molar-refractivity contribution in [3.63, 3.8) is 0 Å². The molecule has 0 saturated carbocycles. The average Bonchev–Trinajstić information content (AvgIpc) is 2.38. The normalized spacial score (nSPS) is 24.0. The van der Waals surface area contributed by atoms with Gasteiger partial charge in [-0.25, -0.2) is 4.39 Å². The van der Waals surface area contributed by atoms with Gasteiger partial charge in [0.1, 0.15) is 5.82 Å². The van der Waals surface area contributed by atoms with Crippen molar-refractivity contribution in [3.8, 4) is 0 Å². The smallest absolute Gasteiger partial charge is 0.147 e. The first-order valence-electron chi connectivity index (χ1n) is 6.98. The average molecular weight is 329 g/mol. The van der Waals surface area contributed by atoms with E-state index in [4.69, 9.17) is 0 Å². The van der Waals surface area contributed by atoms with Crippen LogP contribution in [0, 0.1) is 11.7 Å². The predicted molar refractivity (Wildman–Crippen MR) is 82.2 cm³/mol. The van der Waals surface area contributed by atoms with Crippen molar-refractivity contribution in [2.75, 3.05) is 18.0 Å². The molecule has 2 rings (SSSR count). The van der Waals surface area contributed by atoms with Crippen LogP contribution < -0.4 is 10.2 Å². The molecule has 0 spiro atoms. The molecule has 1 fully saturated rings. The van der Waals surface area contributed by atoms with Crippen molar-refractivity contribution in [1.29, 1.82) is 0 Å². The van der Waals surface area contributed by atoms with Gasteiger partial charge in [0.05, 0.1) is 5.69 Å². The van der Waals surface area contributed by atoms with Gasteiger partial charge in [-0.3, -0.25) is 0 Å². The molecule has 0 aliphatic carbocycles. The summed E-state index contributed by atoms with van der Waals surface area (Å²) in [5, 5.41) is 3.58. The van der Waals surface area contributed by atoms with Crippen LogP contribution in [0.3, 0.4) is 0 Å². The summed E-state index contributed by atoms with van der Waals surface area (Å²) in [7, 11) is 0. The van der Waals surface area contributed by atoms with E-state index in [1.807, 2.05) is 6.07 Å². The van der Waals surface area contributed by atoms with Crippen LogP contribution >= 0.6 is 15.9 Å². The molecule has 1 N–H and O–H groups in total. The third-order valence-corrected chi connectivity index (χ3v) is 4.59. The Morgan fingerprint density at radius 3 is 2.79 bits per heavy atom. The molecule has 1 aromatic carbocycles. The van der Waals surface area contributed by atoms with E-state index < -0.39 is 0 Å².